The van der Waals surface area contributed by atoms with Gasteiger partial charge in [0.1, 0.15) is 0 Å². The Labute approximate surface area is 102 Å². The number of aliphatic imine (C=N–C) groups is 1. The van der Waals surface area contributed by atoms with Crippen molar-refractivity contribution >= 4 is 6.34 Å². The van der Waals surface area contributed by atoms with Crippen LogP contribution in [0.4, 0.5) is 8.78 Å². The number of alkyl halides is 2. The summed E-state index contributed by atoms with van der Waals surface area (Å²) in [5.41, 5.74) is 0. The second-order valence-electron chi connectivity index (χ2n) is 4.58. The molecule has 0 bridgehead atoms. The molecular formula is C12H23F2N3. The average Bonchev–Trinajstić information content (AvgIpc) is 2.30. The molecule has 0 aromatic heterocycles. The van der Waals surface area contributed by atoms with Gasteiger partial charge in [-0.05, 0) is 25.8 Å². The average molecular weight is 247 g/mol. The first-order chi connectivity index (χ1) is 8.14. The number of nitrogens with zero attached hydrogens (tertiary/aromatic N) is 1. The Hall–Kier alpha value is -0.710. The van der Waals surface area contributed by atoms with Crippen molar-refractivity contribution in [2.75, 3.05) is 19.6 Å². The van der Waals surface area contributed by atoms with E-state index in [9.17, 15) is 8.78 Å². The monoisotopic (exact) mass is 247 g/mol. The minimum absolute atomic E-state index is 0.00341. The van der Waals surface area contributed by atoms with Gasteiger partial charge in [-0.2, -0.15) is 0 Å². The zero-order valence-electron chi connectivity index (χ0n) is 10.5. The smallest absolute Gasteiger partial charge is 0.248 e. The van der Waals surface area contributed by atoms with Crippen molar-refractivity contribution in [3.05, 3.63) is 0 Å². The summed E-state index contributed by atoms with van der Waals surface area (Å²) in [4.78, 5) is 4.19. The molecule has 1 aliphatic carbocycles. The van der Waals surface area contributed by atoms with E-state index in [-0.39, 0.29) is 18.9 Å². The molecule has 0 saturated heterocycles. The van der Waals surface area contributed by atoms with Crippen LogP contribution in [0.1, 0.15) is 39.0 Å². The van der Waals surface area contributed by atoms with Gasteiger partial charge in [0.25, 0.3) is 0 Å². The Morgan fingerprint density at radius 1 is 1.29 bits per heavy atom. The van der Waals surface area contributed by atoms with E-state index < -0.39 is 5.92 Å². The van der Waals surface area contributed by atoms with Crippen LogP contribution in [0.25, 0.3) is 0 Å². The molecule has 0 aromatic rings. The Balaban J connectivity index is 2.01. The molecule has 0 aromatic carbocycles. The van der Waals surface area contributed by atoms with Crippen molar-refractivity contribution in [2.45, 2.75) is 51.0 Å². The minimum Gasteiger partial charge on any atom is -0.374 e. The standard InChI is InChI=1S/C12H23F2N3/c1-2-7-15-8-9-16-10-17-11-3-5-12(13,14)6-4-11/h10-11,15H,2-9H2,1H3,(H,16,17). The molecule has 0 amide bonds. The Morgan fingerprint density at radius 3 is 2.65 bits per heavy atom. The summed E-state index contributed by atoms with van der Waals surface area (Å²) < 4.78 is 25.7. The highest BCUT2D eigenvalue weighted by Gasteiger charge is 2.34. The molecule has 1 fully saturated rings. The lowest BCUT2D eigenvalue weighted by atomic mass is 9.92. The molecule has 1 saturated carbocycles. The lowest BCUT2D eigenvalue weighted by Crippen LogP contribution is -2.36. The summed E-state index contributed by atoms with van der Waals surface area (Å²) in [6, 6.07) is 0.168. The van der Waals surface area contributed by atoms with Crippen molar-refractivity contribution in [1.29, 1.82) is 0 Å². The van der Waals surface area contributed by atoms with Crippen molar-refractivity contribution in [3.8, 4) is 0 Å². The number of halogens is 2. The van der Waals surface area contributed by atoms with Gasteiger partial charge in [0.2, 0.25) is 5.92 Å². The quantitative estimate of drug-likeness (QED) is 0.411. The molecule has 5 heteroatoms. The number of hydrogen-bond donors (Lipinski definition) is 2. The van der Waals surface area contributed by atoms with Crippen molar-refractivity contribution in [2.24, 2.45) is 4.99 Å². The van der Waals surface area contributed by atoms with Gasteiger partial charge >= 0.3 is 0 Å². The van der Waals surface area contributed by atoms with Gasteiger partial charge < -0.3 is 10.6 Å². The highest BCUT2D eigenvalue weighted by atomic mass is 19.3. The van der Waals surface area contributed by atoms with Crippen molar-refractivity contribution in [3.63, 3.8) is 0 Å². The maximum absolute atomic E-state index is 12.9. The molecule has 0 heterocycles. The van der Waals surface area contributed by atoms with Gasteiger partial charge in [-0.1, -0.05) is 6.92 Å². The summed E-state index contributed by atoms with van der Waals surface area (Å²) in [5, 5.41) is 6.34. The van der Waals surface area contributed by atoms with Crippen molar-refractivity contribution in [1.82, 2.24) is 10.6 Å². The van der Waals surface area contributed by atoms with Crippen LogP contribution >= 0.6 is 0 Å². The van der Waals surface area contributed by atoms with Crippen LogP contribution in [0.2, 0.25) is 0 Å². The van der Waals surface area contributed by atoms with Crippen LogP contribution in [0, 0.1) is 0 Å². The van der Waals surface area contributed by atoms with Gasteiger partial charge in [0, 0.05) is 25.4 Å². The number of rotatable bonds is 7. The second kappa shape index (κ2) is 7.58. The molecule has 1 aliphatic rings. The predicted octanol–water partition coefficient (Wildman–Crippen LogP) is 2.18. The van der Waals surface area contributed by atoms with E-state index in [0.29, 0.717) is 12.8 Å². The lowest BCUT2D eigenvalue weighted by molar-refractivity contribution is -0.0389. The number of nitrogens with one attached hydrogen (secondary N) is 2. The van der Waals surface area contributed by atoms with Crippen molar-refractivity contribution < 1.29 is 8.78 Å². The Morgan fingerprint density at radius 2 is 2.00 bits per heavy atom. The predicted molar refractivity (Wildman–Crippen MR) is 66.9 cm³/mol. The van der Waals surface area contributed by atoms with Crippen LogP contribution < -0.4 is 10.6 Å². The third-order valence-electron chi connectivity index (χ3n) is 2.96. The summed E-state index contributed by atoms with van der Waals surface area (Å²) in [6.07, 6.45) is 3.85. The van der Waals surface area contributed by atoms with Gasteiger partial charge in [-0.25, -0.2) is 8.78 Å². The summed E-state index contributed by atoms with van der Waals surface area (Å²) >= 11 is 0. The molecule has 3 nitrogen and oxygen atoms in total. The SMILES string of the molecule is CCCNCCN=CNC1CCC(F)(F)CC1. The maximum atomic E-state index is 12.9. The fraction of sp³-hybridized carbons (Fsp3) is 0.917. The van der Waals surface area contributed by atoms with E-state index in [4.69, 9.17) is 0 Å². The van der Waals surface area contributed by atoms with E-state index in [2.05, 4.69) is 22.5 Å². The molecule has 0 aliphatic heterocycles. The minimum atomic E-state index is -2.45. The fourth-order valence-corrected chi connectivity index (χ4v) is 1.87. The van der Waals surface area contributed by atoms with Crippen LogP contribution in [0.15, 0.2) is 4.99 Å². The van der Waals surface area contributed by atoms with Crippen LogP contribution in [-0.2, 0) is 0 Å². The Kier molecular flexibility index (Phi) is 6.40. The van der Waals surface area contributed by atoms with Gasteiger partial charge in [0.05, 0.1) is 12.9 Å². The zero-order chi connectivity index (χ0) is 12.6. The molecule has 100 valence electrons. The molecule has 0 unspecified atom stereocenters. The highest BCUT2D eigenvalue weighted by molar-refractivity contribution is 5.54. The van der Waals surface area contributed by atoms with Gasteiger partial charge in [-0.15, -0.1) is 0 Å². The van der Waals surface area contributed by atoms with Gasteiger partial charge in [-0.3, -0.25) is 4.99 Å². The molecule has 0 spiro atoms. The van der Waals surface area contributed by atoms with E-state index in [1.54, 1.807) is 6.34 Å². The van der Waals surface area contributed by atoms with Gasteiger partial charge in [0.15, 0.2) is 0 Å². The molecule has 0 radical (unpaired) electrons. The topological polar surface area (TPSA) is 36.4 Å². The largest absolute Gasteiger partial charge is 0.374 e. The Bertz CT molecular complexity index is 222. The third-order valence-corrected chi connectivity index (χ3v) is 2.96. The summed E-state index contributed by atoms with van der Waals surface area (Å²) in [6.45, 7) is 4.74. The zero-order valence-corrected chi connectivity index (χ0v) is 10.5. The molecule has 1 rings (SSSR count). The maximum Gasteiger partial charge on any atom is 0.248 e. The van der Waals surface area contributed by atoms with E-state index in [0.717, 1.165) is 26.1 Å². The molecule has 17 heavy (non-hydrogen) atoms. The lowest BCUT2D eigenvalue weighted by Gasteiger charge is -2.28. The van der Waals surface area contributed by atoms with Crippen LogP contribution in [0.5, 0.6) is 0 Å². The van der Waals surface area contributed by atoms with Crippen LogP contribution in [-0.4, -0.2) is 37.9 Å². The molecule has 2 N–H and O–H groups in total. The first-order valence-electron chi connectivity index (χ1n) is 6.47. The fourth-order valence-electron chi connectivity index (χ4n) is 1.87. The molecule has 0 atom stereocenters. The first-order valence-corrected chi connectivity index (χ1v) is 6.47. The van der Waals surface area contributed by atoms with Crippen LogP contribution in [0.3, 0.4) is 0 Å². The van der Waals surface area contributed by atoms with E-state index in [1.807, 2.05) is 0 Å². The molecular weight excluding hydrogens is 224 g/mol. The summed E-state index contributed by atoms with van der Waals surface area (Å²) in [5.74, 6) is -2.45. The first kappa shape index (κ1) is 14.4. The number of hydrogen-bond acceptors (Lipinski definition) is 2. The summed E-state index contributed by atoms with van der Waals surface area (Å²) in [7, 11) is 0. The highest BCUT2D eigenvalue weighted by Crippen LogP contribution is 2.32. The third kappa shape index (κ3) is 6.56. The normalized spacial score (nSPS) is 20.9. The van der Waals surface area contributed by atoms with E-state index in [1.165, 1.54) is 0 Å². The second-order valence-corrected chi connectivity index (χ2v) is 4.58. The van der Waals surface area contributed by atoms with E-state index >= 15 is 0 Å².